The number of anilines is 1. The molecule has 0 unspecified atom stereocenters. The third kappa shape index (κ3) is 4.07. The van der Waals surface area contributed by atoms with E-state index in [2.05, 4.69) is 34.6 Å². The summed E-state index contributed by atoms with van der Waals surface area (Å²) in [4.78, 5) is 16.2. The van der Waals surface area contributed by atoms with Gasteiger partial charge in [0.25, 0.3) is 0 Å². The molecular weight excluding hydrogens is 278 g/mol. The highest BCUT2D eigenvalue weighted by Crippen LogP contribution is 2.23. The van der Waals surface area contributed by atoms with E-state index < -0.39 is 0 Å². The second-order valence-electron chi connectivity index (χ2n) is 5.55. The van der Waals surface area contributed by atoms with Crippen LogP contribution in [0.2, 0.25) is 0 Å². The van der Waals surface area contributed by atoms with E-state index >= 15 is 0 Å². The number of para-hydroxylation sites is 1. The second kappa shape index (κ2) is 7.06. The summed E-state index contributed by atoms with van der Waals surface area (Å²) < 4.78 is 1.79. The Morgan fingerprint density at radius 1 is 1.27 bits per heavy atom. The number of benzene rings is 1. The van der Waals surface area contributed by atoms with Crippen molar-refractivity contribution in [3.05, 3.63) is 41.5 Å². The van der Waals surface area contributed by atoms with Gasteiger partial charge in [-0.1, -0.05) is 32.0 Å². The van der Waals surface area contributed by atoms with E-state index in [4.69, 9.17) is 0 Å². The minimum Gasteiger partial charge on any atom is -0.336 e. The number of amides is 2. The van der Waals surface area contributed by atoms with E-state index in [9.17, 15) is 4.79 Å². The van der Waals surface area contributed by atoms with Crippen molar-refractivity contribution in [2.24, 2.45) is 0 Å². The molecule has 0 saturated heterocycles. The van der Waals surface area contributed by atoms with Gasteiger partial charge in [0.15, 0.2) is 0 Å². The molecule has 2 aromatic rings. The molecule has 1 heterocycles. The fourth-order valence-electron chi connectivity index (χ4n) is 2.33. The molecule has 1 aromatic heterocycles. The molecular formula is C16H23N5O. The predicted molar refractivity (Wildman–Crippen MR) is 87.0 cm³/mol. The SMILES string of the molecule is Cc1nc(C)n(CCNC(=O)Nc2ccccc2C(C)C)n1. The number of nitrogens with zero attached hydrogens (tertiary/aromatic N) is 3. The Morgan fingerprint density at radius 3 is 2.64 bits per heavy atom. The molecule has 6 heteroatoms. The van der Waals surface area contributed by atoms with Crippen molar-refractivity contribution in [2.45, 2.75) is 40.2 Å². The zero-order valence-electron chi connectivity index (χ0n) is 13.6. The number of aromatic nitrogens is 3. The number of carbonyl (C=O) groups excluding carboxylic acids is 1. The molecule has 0 aliphatic heterocycles. The summed E-state index contributed by atoms with van der Waals surface area (Å²) >= 11 is 0. The van der Waals surface area contributed by atoms with Gasteiger partial charge in [-0.2, -0.15) is 5.10 Å². The molecule has 0 fully saturated rings. The molecule has 118 valence electrons. The first-order valence-electron chi connectivity index (χ1n) is 7.49. The first kappa shape index (κ1) is 16.0. The number of urea groups is 1. The number of carbonyl (C=O) groups is 1. The molecule has 0 bridgehead atoms. The molecule has 0 atom stereocenters. The van der Waals surface area contributed by atoms with Crippen LogP contribution in [0.1, 0.15) is 37.0 Å². The van der Waals surface area contributed by atoms with Crippen LogP contribution in [0.15, 0.2) is 24.3 Å². The van der Waals surface area contributed by atoms with Gasteiger partial charge in [0.2, 0.25) is 0 Å². The third-order valence-electron chi connectivity index (χ3n) is 3.40. The highest BCUT2D eigenvalue weighted by molar-refractivity contribution is 5.90. The Kier molecular flexibility index (Phi) is 5.14. The molecule has 6 nitrogen and oxygen atoms in total. The van der Waals surface area contributed by atoms with Gasteiger partial charge in [0.1, 0.15) is 11.6 Å². The summed E-state index contributed by atoms with van der Waals surface area (Å²) in [6.07, 6.45) is 0. The standard InChI is InChI=1S/C16H23N5O/c1-11(2)14-7-5-6-8-15(14)19-16(22)17-9-10-21-13(4)18-12(3)20-21/h5-8,11H,9-10H2,1-4H3,(H2,17,19,22). The lowest BCUT2D eigenvalue weighted by Crippen LogP contribution is -2.32. The van der Waals surface area contributed by atoms with Crippen LogP contribution in [-0.4, -0.2) is 27.3 Å². The average molecular weight is 301 g/mol. The molecule has 1 aromatic carbocycles. The topological polar surface area (TPSA) is 71.8 Å². The van der Waals surface area contributed by atoms with Crippen LogP contribution in [0.25, 0.3) is 0 Å². The maximum atomic E-state index is 12.0. The highest BCUT2D eigenvalue weighted by Gasteiger charge is 2.09. The second-order valence-corrected chi connectivity index (χ2v) is 5.55. The number of rotatable bonds is 5. The molecule has 0 aliphatic carbocycles. The smallest absolute Gasteiger partial charge is 0.319 e. The van der Waals surface area contributed by atoms with Gasteiger partial charge in [0.05, 0.1) is 6.54 Å². The first-order valence-corrected chi connectivity index (χ1v) is 7.49. The molecule has 22 heavy (non-hydrogen) atoms. The quantitative estimate of drug-likeness (QED) is 0.892. The van der Waals surface area contributed by atoms with E-state index in [1.165, 1.54) is 0 Å². The van der Waals surface area contributed by atoms with Crippen molar-refractivity contribution in [1.29, 1.82) is 0 Å². The van der Waals surface area contributed by atoms with Crippen LogP contribution in [0, 0.1) is 13.8 Å². The van der Waals surface area contributed by atoms with Gasteiger partial charge in [-0.05, 0) is 31.4 Å². The molecule has 0 aliphatic rings. The summed E-state index contributed by atoms with van der Waals surface area (Å²) in [5.74, 6) is 1.95. The van der Waals surface area contributed by atoms with E-state index in [-0.39, 0.29) is 6.03 Å². The van der Waals surface area contributed by atoms with Gasteiger partial charge in [-0.15, -0.1) is 0 Å². The maximum Gasteiger partial charge on any atom is 0.319 e. The normalized spacial score (nSPS) is 10.8. The van der Waals surface area contributed by atoms with Gasteiger partial charge in [-0.3, -0.25) is 0 Å². The number of hydrogen-bond donors (Lipinski definition) is 2. The number of nitrogens with one attached hydrogen (secondary N) is 2. The van der Waals surface area contributed by atoms with Crippen molar-refractivity contribution >= 4 is 11.7 Å². The Bertz CT molecular complexity index is 648. The van der Waals surface area contributed by atoms with Crippen LogP contribution in [-0.2, 0) is 6.54 Å². The summed E-state index contributed by atoms with van der Waals surface area (Å²) in [6.45, 7) is 9.07. The van der Waals surface area contributed by atoms with E-state index in [0.717, 1.165) is 22.9 Å². The summed E-state index contributed by atoms with van der Waals surface area (Å²) in [5, 5.41) is 10.0. The lowest BCUT2D eigenvalue weighted by Gasteiger charge is -2.14. The molecule has 2 N–H and O–H groups in total. The van der Waals surface area contributed by atoms with Gasteiger partial charge >= 0.3 is 6.03 Å². The first-order chi connectivity index (χ1) is 10.5. The number of hydrogen-bond acceptors (Lipinski definition) is 3. The maximum absolute atomic E-state index is 12.0. The largest absolute Gasteiger partial charge is 0.336 e. The van der Waals surface area contributed by atoms with Crippen molar-refractivity contribution in [3.63, 3.8) is 0 Å². The van der Waals surface area contributed by atoms with Gasteiger partial charge in [-0.25, -0.2) is 14.5 Å². The lowest BCUT2D eigenvalue weighted by atomic mass is 10.0. The predicted octanol–water partition coefficient (Wildman–Crippen LogP) is 2.84. The number of aryl methyl sites for hydroxylation is 2. The fraction of sp³-hybridized carbons (Fsp3) is 0.438. The highest BCUT2D eigenvalue weighted by atomic mass is 16.2. The van der Waals surface area contributed by atoms with E-state index in [1.807, 2.05) is 38.1 Å². The van der Waals surface area contributed by atoms with Crippen LogP contribution in [0.4, 0.5) is 10.5 Å². The van der Waals surface area contributed by atoms with Crippen molar-refractivity contribution < 1.29 is 4.79 Å². The zero-order chi connectivity index (χ0) is 16.1. The van der Waals surface area contributed by atoms with Crippen LogP contribution >= 0.6 is 0 Å². The average Bonchev–Trinajstić information content (AvgIpc) is 2.77. The van der Waals surface area contributed by atoms with Crippen molar-refractivity contribution in [2.75, 3.05) is 11.9 Å². The summed E-state index contributed by atoms with van der Waals surface area (Å²) in [7, 11) is 0. The van der Waals surface area contributed by atoms with Crippen molar-refractivity contribution in [1.82, 2.24) is 20.1 Å². The van der Waals surface area contributed by atoms with E-state index in [1.54, 1.807) is 4.68 Å². The molecule has 0 spiro atoms. The van der Waals surface area contributed by atoms with Crippen LogP contribution in [0.5, 0.6) is 0 Å². The van der Waals surface area contributed by atoms with Gasteiger partial charge in [0, 0.05) is 12.2 Å². The minimum atomic E-state index is -0.206. The van der Waals surface area contributed by atoms with Gasteiger partial charge < -0.3 is 10.6 Å². The molecule has 2 amide bonds. The van der Waals surface area contributed by atoms with E-state index in [0.29, 0.717) is 19.0 Å². The molecule has 0 saturated carbocycles. The summed E-state index contributed by atoms with van der Waals surface area (Å²) in [6, 6.07) is 7.64. The molecule has 0 radical (unpaired) electrons. The Balaban J connectivity index is 1.87. The monoisotopic (exact) mass is 301 g/mol. The molecule has 2 rings (SSSR count). The summed E-state index contributed by atoms with van der Waals surface area (Å²) in [5.41, 5.74) is 1.98. The fourth-order valence-corrected chi connectivity index (χ4v) is 2.33. The lowest BCUT2D eigenvalue weighted by molar-refractivity contribution is 0.251. The Labute approximate surface area is 130 Å². The third-order valence-corrected chi connectivity index (χ3v) is 3.40. The van der Waals surface area contributed by atoms with Crippen LogP contribution < -0.4 is 10.6 Å². The Hall–Kier alpha value is -2.37. The van der Waals surface area contributed by atoms with Crippen molar-refractivity contribution in [3.8, 4) is 0 Å². The zero-order valence-corrected chi connectivity index (χ0v) is 13.6. The van der Waals surface area contributed by atoms with Crippen LogP contribution in [0.3, 0.4) is 0 Å². The Morgan fingerprint density at radius 2 is 2.00 bits per heavy atom. The minimum absolute atomic E-state index is 0.206.